The van der Waals surface area contributed by atoms with E-state index in [-0.39, 0.29) is 17.8 Å². The highest BCUT2D eigenvalue weighted by Crippen LogP contribution is 2.33. The number of halogens is 1. The predicted octanol–water partition coefficient (Wildman–Crippen LogP) is 2.81. The molecule has 0 unspecified atom stereocenters. The van der Waals surface area contributed by atoms with E-state index in [0.717, 1.165) is 58.7 Å². The Hall–Kier alpha value is -1.50. The normalized spacial score (nSPS) is 22.8. The number of benzene rings is 1. The zero-order valence-electron chi connectivity index (χ0n) is 17.8. The van der Waals surface area contributed by atoms with Gasteiger partial charge in [-0.3, -0.25) is 9.69 Å². The van der Waals surface area contributed by atoms with E-state index in [1.165, 1.54) is 6.07 Å². The minimum absolute atomic E-state index is 0.0640. The number of hydrogen-bond donors (Lipinski definition) is 1. The number of anilines is 1. The Kier molecular flexibility index (Phi) is 6.73. The van der Waals surface area contributed by atoms with Crippen molar-refractivity contribution in [2.75, 3.05) is 58.2 Å². The van der Waals surface area contributed by atoms with Gasteiger partial charge in [0.1, 0.15) is 5.82 Å². The number of carbonyl (C=O) groups excluding carboxylic acids is 1. The van der Waals surface area contributed by atoms with Gasteiger partial charge in [0.15, 0.2) is 0 Å². The summed E-state index contributed by atoms with van der Waals surface area (Å²) < 4.78 is 13.7. The first-order valence-corrected chi connectivity index (χ1v) is 10.5. The van der Waals surface area contributed by atoms with Crippen LogP contribution in [0.2, 0.25) is 0 Å². The third kappa shape index (κ3) is 5.31. The Morgan fingerprint density at radius 3 is 2.43 bits per heavy atom. The predicted molar refractivity (Wildman–Crippen MR) is 112 cm³/mol. The molecule has 1 amide bonds. The number of aryl methyl sites for hydroxylation is 1. The Morgan fingerprint density at radius 1 is 1.18 bits per heavy atom. The summed E-state index contributed by atoms with van der Waals surface area (Å²) in [7, 11) is 2.19. The number of nitrogens with zero attached hydrogens (tertiary/aromatic N) is 3. The zero-order chi connectivity index (χ0) is 20.3. The van der Waals surface area contributed by atoms with Crippen molar-refractivity contribution in [3.63, 3.8) is 0 Å². The maximum atomic E-state index is 13.7. The lowest BCUT2D eigenvalue weighted by Gasteiger charge is -2.45. The molecule has 1 N–H and O–H groups in total. The molecule has 5 nitrogen and oxygen atoms in total. The van der Waals surface area contributed by atoms with Crippen LogP contribution in [0.1, 0.15) is 32.3 Å². The van der Waals surface area contributed by atoms with Crippen LogP contribution >= 0.6 is 0 Å². The molecule has 2 aliphatic rings. The number of hydrogen-bond acceptors (Lipinski definition) is 4. The minimum Gasteiger partial charge on any atom is -0.325 e. The monoisotopic (exact) mass is 390 g/mol. The Labute approximate surface area is 168 Å². The van der Waals surface area contributed by atoms with Crippen LogP contribution in [0, 0.1) is 18.2 Å². The van der Waals surface area contributed by atoms with Crippen LogP contribution in [0.4, 0.5) is 10.1 Å². The number of rotatable bonds is 5. The van der Waals surface area contributed by atoms with E-state index in [4.69, 9.17) is 0 Å². The molecule has 1 aromatic carbocycles. The van der Waals surface area contributed by atoms with E-state index in [9.17, 15) is 9.18 Å². The smallest absolute Gasteiger partial charge is 0.241 e. The molecule has 0 aliphatic carbocycles. The number of amides is 1. The summed E-state index contributed by atoms with van der Waals surface area (Å²) in [5.74, 6) is -0.353. The van der Waals surface area contributed by atoms with Gasteiger partial charge in [-0.2, -0.15) is 0 Å². The van der Waals surface area contributed by atoms with E-state index < -0.39 is 0 Å². The molecular formula is C22H35FN4O. The molecule has 2 aliphatic heterocycles. The average molecular weight is 391 g/mol. The molecule has 6 heteroatoms. The standard InChI is InChI=1S/C22H35FN4O/c1-17-5-6-19(15-20(17)23)24-21(28)18(2)27-9-7-22(3,8-10-27)16-26-13-11-25(4)12-14-26/h5-6,15,18H,7-14,16H2,1-4H3,(H,24,28)/t18-/m1/s1. The van der Waals surface area contributed by atoms with Crippen molar-refractivity contribution in [2.45, 2.75) is 39.7 Å². The van der Waals surface area contributed by atoms with Crippen molar-refractivity contribution < 1.29 is 9.18 Å². The van der Waals surface area contributed by atoms with Crippen molar-refractivity contribution in [3.05, 3.63) is 29.6 Å². The number of nitrogens with one attached hydrogen (secondary N) is 1. The van der Waals surface area contributed by atoms with Crippen LogP contribution in [0.3, 0.4) is 0 Å². The molecule has 0 saturated carbocycles. The fourth-order valence-electron chi connectivity index (χ4n) is 4.24. The van der Waals surface area contributed by atoms with E-state index >= 15 is 0 Å². The third-order valence-corrected chi connectivity index (χ3v) is 6.57. The molecule has 0 spiro atoms. The second-order valence-corrected chi connectivity index (χ2v) is 9.06. The van der Waals surface area contributed by atoms with Gasteiger partial charge in [-0.25, -0.2) is 4.39 Å². The second-order valence-electron chi connectivity index (χ2n) is 9.06. The molecule has 0 bridgehead atoms. The van der Waals surface area contributed by atoms with Crippen LogP contribution < -0.4 is 5.32 Å². The van der Waals surface area contributed by atoms with Gasteiger partial charge in [-0.15, -0.1) is 0 Å². The maximum Gasteiger partial charge on any atom is 0.241 e. The molecule has 1 atom stereocenters. The molecule has 0 aromatic heterocycles. The molecule has 3 rings (SSSR count). The van der Waals surface area contributed by atoms with Crippen molar-refractivity contribution in [2.24, 2.45) is 5.41 Å². The fraction of sp³-hybridized carbons (Fsp3) is 0.682. The van der Waals surface area contributed by atoms with Crippen molar-refractivity contribution >= 4 is 11.6 Å². The number of piperidine rings is 1. The summed E-state index contributed by atoms with van der Waals surface area (Å²) in [5.41, 5.74) is 1.43. The number of likely N-dealkylation sites (tertiary alicyclic amines) is 1. The van der Waals surface area contributed by atoms with Gasteiger partial charge >= 0.3 is 0 Å². The third-order valence-electron chi connectivity index (χ3n) is 6.57. The van der Waals surface area contributed by atoms with Crippen molar-refractivity contribution in [3.8, 4) is 0 Å². The van der Waals surface area contributed by atoms with Crippen molar-refractivity contribution in [1.29, 1.82) is 0 Å². The summed E-state index contributed by atoms with van der Waals surface area (Å²) in [6, 6.07) is 4.63. The van der Waals surface area contributed by atoms with E-state index in [0.29, 0.717) is 16.7 Å². The van der Waals surface area contributed by atoms with Crippen LogP contribution in [0.5, 0.6) is 0 Å². The molecular weight excluding hydrogens is 355 g/mol. The zero-order valence-corrected chi connectivity index (χ0v) is 17.8. The lowest BCUT2D eigenvalue weighted by atomic mass is 9.79. The molecule has 1 aromatic rings. The summed E-state index contributed by atoms with van der Waals surface area (Å²) in [6.45, 7) is 13.7. The minimum atomic E-state index is -0.289. The number of likely N-dealkylation sites (N-methyl/N-ethyl adjacent to an activating group) is 1. The maximum absolute atomic E-state index is 13.7. The second kappa shape index (κ2) is 8.89. The Morgan fingerprint density at radius 2 is 1.82 bits per heavy atom. The van der Waals surface area contributed by atoms with Crippen molar-refractivity contribution in [1.82, 2.24) is 14.7 Å². The van der Waals surface area contributed by atoms with Crippen LogP contribution in [-0.4, -0.2) is 79.5 Å². The molecule has 2 saturated heterocycles. The van der Waals surface area contributed by atoms with Gasteiger partial charge in [0.25, 0.3) is 0 Å². The van der Waals surface area contributed by atoms with E-state index in [1.807, 2.05) is 6.92 Å². The molecule has 156 valence electrons. The topological polar surface area (TPSA) is 38.8 Å². The van der Waals surface area contributed by atoms with Gasteiger partial charge in [-0.1, -0.05) is 13.0 Å². The summed E-state index contributed by atoms with van der Waals surface area (Å²) in [5, 5.41) is 2.86. The highest BCUT2D eigenvalue weighted by Gasteiger charge is 2.35. The van der Waals surface area contributed by atoms with E-state index in [2.05, 4.69) is 34.0 Å². The van der Waals surface area contributed by atoms with Gasteiger partial charge < -0.3 is 15.1 Å². The Bertz CT molecular complexity index is 679. The lowest BCUT2D eigenvalue weighted by molar-refractivity contribution is -0.121. The highest BCUT2D eigenvalue weighted by molar-refractivity contribution is 5.94. The molecule has 0 radical (unpaired) electrons. The molecule has 2 heterocycles. The summed E-state index contributed by atoms with van der Waals surface area (Å²) in [6.07, 6.45) is 2.21. The number of carbonyl (C=O) groups is 1. The quantitative estimate of drug-likeness (QED) is 0.839. The van der Waals surface area contributed by atoms with Gasteiger partial charge in [0.05, 0.1) is 6.04 Å². The Balaban J connectivity index is 1.49. The summed E-state index contributed by atoms with van der Waals surface area (Å²) in [4.78, 5) is 19.9. The van der Waals surface area contributed by atoms with Gasteiger partial charge in [-0.05, 0) is 69.9 Å². The van der Waals surface area contributed by atoms with E-state index in [1.54, 1.807) is 19.1 Å². The average Bonchev–Trinajstić information content (AvgIpc) is 2.66. The first kappa shape index (κ1) is 21.2. The van der Waals surface area contributed by atoms with Crippen LogP contribution in [-0.2, 0) is 4.79 Å². The van der Waals surface area contributed by atoms with Gasteiger partial charge in [0.2, 0.25) is 5.91 Å². The van der Waals surface area contributed by atoms with Gasteiger partial charge in [0, 0.05) is 38.4 Å². The fourth-order valence-corrected chi connectivity index (χ4v) is 4.24. The first-order chi connectivity index (χ1) is 13.3. The largest absolute Gasteiger partial charge is 0.325 e. The SMILES string of the molecule is Cc1ccc(NC(=O)[C@@H](C)N2CCC(C)(CN3CCN(C)CC3)CC2)cc1F. The van der Waals surface area contributed by atoms with Crippen LogP contribution in [0.15, 0.2) is 18.2 Å². The highest BCUT2D eigenvalue weighted by atomic mass is 19.1. The molecule has 2 fully saturated rings. The summed E-state index contributed by atoms with van der Waals surface area (Å²) >= 11 is 0. The first-order valence-electron chi connectivity index (χ1n) is 10.5. The molecule has 28 heavy (non-hydrogen) atoms. The number of piperazine rings is 1. The van der Waals surface area contributed by atoms with Crippen LogP contribution in [0.25, 0.3) is 0 Å². The lowest BCUT2D eigenvalue weighted by Crippen LogP contribution is -2.52.